The van der Waals surface area contributed by atoms with Crippen LogP contribution in [0.3, 0.4) is 0 Å². The van der Waals surface area contributed by atoms with Gasteiger partial charge < -0.3 is 15.2 Å². The van der Waals surface area contributed by atoms with Gasteiger partial charge in [0.05, 0.1) is 5.52 Å². The molecule has 1 fully saturated rings. The van der Waals surface area contributed by atoms with Gasteiger partial charge in [-0.1, -0.05) is 6.07 Å². The number of carbonyl (C=O) groups excluding carboxylic acids is 1. The lowest BCUT2D eigenvalue weighted by Crippen LogP contribution is -2.29. The van der Waals surface area contributed by atoms with Crippen molar-refractivity contribution < 1.29 is 19.4 Å². The van der Waals surface area contributed by atoms with Crippen LogP contribution in [0.4, 0.5) is 5.69 Å². The zero-order chi connectivity index (χ0) is 14.8. The summed E-state index contributed by atoms with van der Waals surface area (Å²) >= 11 is 0. The van der Waals surface area contributed by atoms with E-state index in [1.807, 2.05) is 24.3 Å². The summed E-state index contributed by atoms with van der Waals surface area (Å²) in [5.74, 6) is -1.34. The monoisotopic (exact) mass is 286 g/mol. The molecule has 0 radical (unpaired) electrons. The van der Waals surface area contributed by atoms with Crippen LogP contribution in [0, 0.1) is 0 Å². The van der Waals surface area contributed by atoms with E-state index in [-0.39, 0.29) is 5.91 Å². The van der Waals surface area contributed by atoms with Crippen LogP contribution in [-0.2, 0) is 14.3 Å². The number of amides is 1. The van der Waals surface area contributed by atoms with Crippen molar-refractivity contribution in [1.29, 1.82) is 0 Å². The van der Waals surface area contributed by atoms with E-state index in [9.17, 15) is 9.59 Å². The predicted molar refractivity (Wildman–Crippen MR) is 75.9 cm³/mol. The predicted octanol–water partition coefficient (Wildman–Crippen LogP) is 1.81. The van der Waals surface area contributed by atoms with E-state index >= 15 is 0 Å². The Balaban J connectivity index is 1.70. The Bertz CT molecular complexity index is 701. The number of carbonyl (C=O) groups is 2. The number of pyridine rings is 1. The molecular weight excluding hydrogens is 272 g/mol. The summed E-state index contributed by atoms with van der Waals surface area (Å²) < 4.78 is 5.22. The van der Waals surface area contributed by atoms with Gasteiger partial charge in [-0.25, -0.2) is 4.79 Å². The van der Waals surface area contributed by atoms with Gasteiger partial charge in [-0.05, 0) is 37.1 Å². The molecule has 6 heteroatoms. The molecular formula is C15H14N2O4. The minimum absolute atomic E-state index is 0.318. The molecule has 1 aliphatic rings. The third kappa shape index (κ3) is 2.85. The van der Waals surface area contributed by atoms with Crippen LogP contribution >= 0.6 is 0 Å². The van der Waals surface area contributed by atoms with Gasteiger partial charge >= 0.3 is 5.97 Å². The normalized spacial score (nSPS) is 21.3. The second-order valence-corrected chi connectivity index (χ2v) is 4.93. The van der Waals surface area contributed by atoms with Crippen molar-refractivity contribution in [1.82, 2.24) is 4.98 Å². The molecule has 0 aliphatic carbocycles. The molecule has 2 atom stereocenters. The van der Waals surface area contributed by atoms with Crippen molar-refractivity contribution in [3.05, 3.63) is 36.5 Å². The number of aliphatic carboxylic acids is 1. The molecule has 3 rings (SSSR count). The van der Waals surface area contributed by atoms with Gasteiger partial charge in [0.2, 0.25) is 0 Å². The highest BCUT2D eigenvalue weighted by Gasteiger charge is 2.34. The maximum atomic E-state index is 12.1. The van der Waals surface area contributed by atoms with E-state index in [2.05, 4.69) is 10.3 Å². The Labute approximate surface area is 120 Å². The number of ether oxygens (including phenoxy) is 1. The van der Waals surface area contributed by atoms with E-state index in [1.165, 1.54) is 0 Å². The zero-order valence-corrected chi connectivity index (χ0v) is 11.2. The van der Waals surface area contributed by atoms with Crippen molar-refractivity contribution in [2.45, 2.75) is 25.0 Å². The molecule has 0 saturated carbocycles. The minimum atomic E-state index is -1.03. The SMILES string of the molecule is O=C(O)C1CCC(C(=O)Nc2ccc3ncccc3c2)O1. The van der Waals surface area contributed by atoms with E-state index in [1.54, 1.807) is 12.3 Å². The topological polar surface area (TPSA) is 88.5 Å². The number of carboxylic acid groups (broad SMARTS) is 1. The average Bonchev–Trinajstić information content (AvgIpc) is 2.97. The lowest BCUT2D eigenvalue weighted by Gasteiger charge is -2.12. The van der Waals surface area contributed by atoms with Gasteiger partial charge in [-0.15, -0.1) is 0 Å². The third-order valence-corrected chi connectivity index (χ3v) is 3.46. The fourth-order valence-corrected chi connectivity index (χ4v) is 2.39. The molecule has 6 nitrogen and oxygen atoms in total. The minimum Gasteiger partial charge on any atom is -0.479 e. The van der Waals surface area contributed by atoms with Gasteiger partial charge in [0, 0.05) is 17.3 Å². The molecule has 108 valence electrons. The number of anilines is 1. The van der Waals surface area contributed by atoms with Gasteiger partial charge in [0.1, 0.15) is 6.10 Å². The third-order valence-electron chi connectivity index (χ3n) is 3.46. The fraction of sp³-hybridized carbons (Fsp3) is 0.267. The van der Waals surface area contributed by atoms with E-state index in [0.29, 0.717) is 18.5 Å². The molecule has 1 aromatic carbocycles. The number of rotatable bonds is 3. The number of carboxylic acids is 1. The van der Waals surface area contributed by atoms with Crippen LogP contribution in [0.15, 0.2) is 36.5 Å². The Morgan fingerprint density at radius 3 is 2.81 bits per heavy atom. The summed E-state index contributed by atoms with van der Waals surface area (Å²) in [5.41, 5.74) is 1.49. The summed E-state index contributed by atoms with van der Waals surface area (Å²) in [6.07, 6.45) is 0.878. The molecule has 21 heavy (non-hydrogen) atoms. The number of hydrogen-bond donors (Lipinski definition) is 2. The number of fused-ring (bicyclic) bond motifs is 1. The van der Waals surface area contributed by atoms with E-state index in [0.717, 1.165) is 10.9 Å². The van der Waals surface area contributed by atoms with Crippen molar-refractivity contribution in [2.24, 2.45) is 0 Å². The summed E-state index contributed by atoms with van der Waals surface area (Å²) in [6, 6.07) is 9.14. The lowest BCUT2D eigenvalue weighted by atomic mass is 10.1. The smallest absolute Gasteiger partial charge is 0.332 e. The molecule has 1 amide bonds. The summed E-state index contributed by atoms with van der Waals surface area (Å²) in [4.78, 5) is 27.1. The van der Waals surface area contributed by atoms with Crippen LogP contribution in [-0.4, -0.2) is 34.2 Å². The highest BCUT2D eigenvalue weighted by atomic mass is 16.5. The van der Waals surface area contributed by atoms with Crippen molar-refractivity contribution >= 4 is 28.5 Å². The van der Waals surface area contributed by atoms with Crippen LogP contribution in [0.1, 0.15) is 12.8 Å². The van der Waals surface area contributed by atoms with Gasteiger partial charge in [-0.3, -0.25) is 9.78 Å². The van der Waals surface area contributed by atoms with Crippen LogP contribution < -0.4 is 5.32 Å². The number of aromatic nitrogens is 1. The highest BCUT2D eigenvalue weighted by Crippen LogP contribution is 2.22. The molecule has 2 N–H and O–H groups in total. The maximum Gasteiger partial charge on any atom is 0.332 e. The molecule has 2 heterocycles. The van der Waals surface area contributed by atoms with Crippen LogP contribution in [0.5, 0.6) is 0 Å². The Morgan fingerprint density at radius 2 is 2.05 bits per heavy atom. The standard InChI is InChI=1S/C15H14N2O4/c18-14(12-5-6-13(21-12)15(19)20)17-10-3-4-11-9(8-10)2-1-7-16-11/h1-4,7-8,12-13H,5-6H2,(H,17,18)(H,19,20). The number of nitrogens with one attached hydrogen (secondary N) is 1. The van der Waals surface area contributed by atoms with Crippen LogP contribution in [0.25, 0.3) is 10.9 Å². The van der Waals surface area contributed by atoms with Gasteiger partial charge in [0.25, 0.3) is 5.91 Å². The molecule has 2 unspecified atom stereocenters. The van der Waals surface area contributed by atoms with Gasteiger partial charge in [0.15, 0.2) is 6.10 Å². The molecule has 1 aliphatic heterocycles. The summed E-state index contributed by atoms with van der Waals surface area (Å²) in [5, 5.41) is 12.5. The maximum absolute atomic E-state index is 12.1. The summed E-state index contributed by atoms with van der Waals surface area (Å²) in [6.45, 7) is 0. The number of benzene rings is 1. The quantitative estimate of drug-likeness (QED) is 0.898. The first-order valence-electron chi connectivity index (χ1n) is 6.67. The highest BCUT2D eigenvalue weighted by molar-refractivity contribution is 5.96. The first-order chi connectivity index (χ1) is 10.1. The first kappa shape index (κ1) is 13.5. The fourth-order valence-electron chi connectivity index (χ4n) is 2.39. The Kier molecular flexibility index (Phi) is 3.53. The average molecular weight is 286 g/mol. The van der Waals surface area contributed by atoms with Gasteiger partial charge in [-0.2, -0.15) is 0 Å². The van der Waals surface area contributed by atoms with Crippen LogP contribution in [0.2, 0.25) is 0 Å². The Hall–Kier alpha value is -2.47. The van der Waals surface area contributed by atoms with E-state index < -0.39 is 18.2 Å². The number of hydrogen-bond acceptors (Lipinski definition) is 4. The second kappa shape index (κ2) is 5.49. The second-order valence-electron chi connectivity index (χ2n) is 4.93. The Morgan fingerprint density at radius 1 is 1.24 bits per heavy atom. The molecule has 0 bridgehead atoms. The van der Waals surface area contributed by atoms with Crippen molar-refractivity contribution in [3.8, 4) is 0 Å². The van der Waals surface area contributed by atoms with Crippen molar-refractivity contribution in [2.75, 3.05) is 5.32 Å². The van der Waals surface area contributed by atoms with E-state index in [4.69, 9.17) is 9.84 Å². The zero-order valence-electron chi connectivity index (χ0n) is 11.2. The largest absolute Gasteiger partial charge is 0.479 e. The molecule has 1 aromatic heterocycles. The molecule has 2 aromatic rings. The first-order valence-corrected chi connectivity index (χ1v) is 6.67. The van der Waals surface area contributed by atoms with Crippen molar-refractivity contribution in [3.63, 3.8) is 0 Å². The number of nitrogens with zero attached hydrogens (tertiary/aromatic N) is 1. The molecule has 0 spiro atoms. The molecule has 1 saturated heterocycles. The lowest BCUT2D eigenvalue weighted by molar-refractivity contribution is -0.150. The summed E-state index contributed by atoms with van der Waals surface area (Å²) in [7, 11) is 0.